The summed E-state index contributed by atoms with van der Waals surface area (Å²) in [6.45, 7) is 2.13. The van der Waals surface area contributed by atoms with Crippen molar-refractivity contribution in [2.75, 3.05) is 0 Å². The number of rotatable bonds is 0. The van der Waals surface area contributed by atoms with E-state index in [-0.39, 0.29) is 5.38 Å². The highest BCUT2D eigenvalue weighted by Gasteiger charge is 2.38. The molecule has 2 aliphatic carbocycles. The maximum absolute atomic E-state index is 6.16. The van der Waals surface area contributed by atoms with Gasteiger partial charge in [-0.3, -0.25) is 0 Å². The third-order valence-corrected chi connectivity index (χ3v) is 4.34. The molecular formula is C9H12Cl2. The minimum atomic E-state index is 0.121. The number of hydrogen-bond acceptors (Lipinski definition) is 0. The number of fused-ring (bicyclic) bond motifs is 2. The Morgan fingerprint density at radius 3 is 2.82 bits per heavy atom. The second-order valence-electron chi connectivity index (χ2n) is 3.70. The van der Waals surface area contributed by atoms with Crippen molar-refractivity contribution in [3.63, 3.8) is 0 Å². The van der Waals surface area contributed by atoms with Crippen molar-refractivity contribution >= 4 is 23.2 Å². The van der Waals surface area contributed by atoms with E-state index in [0.717, 1.165) is 11.0 Å². The van der Waals surface area contributed by atoms with E-state index in [1.165, 1.54) is 24.8 Å². The van der Waals surface area contributed by atoms with Gasteiger partial charge in [0, 0.05) is 5.03 Å². The molecule has 3 atom stereocenters. The number of allylic oxidation sites excluding steroid dienone is 2. The van der Waals surface area contributed by atoms with Crippen molar-refractivity contribution in [3.8, 4) is 0 Å². The van der Waals surface area contributed by atoms with Crippen LogP contribution in [-0.4, -0.2) is 5.38 Å². The lowest BCUT2D eigenvalue weighted by molar-refractivity contribution is 0.503. The van der Waals surface area contributed by atoms with Gasteiger partial charge in [0.05, 0.1) is 5.38 Å². The molecule has 0 aromatic carbocycles. The zero-order valence-electron chi connectivity index (χ0n) is 6.61. The van der Waals surface area contributed by atoms with E-state index in [4.69, 9.17) is 23.2 Å². The first-order valence-electron chi connectivity index (χ1n) is 4.20. The van der Waals surface area contributed by atoms with Crippen LogP contribution in [0.15, 0.2) is 10.6 Å². The average molecular weight is 191 g/mol. The highest BCUT2D eigenvalue weighted by molar-refractivity contribution is 6.38. The summed E-state index contributed by atoms with van der Waals surface area (Å²) in [7, 11) is 0. The Hall–Kier alpha value is 0.320. The molecule has 1 fully saturated rings. The van der Waals surface area contributed by atoms with Crippen molar-refractivity contribution in [2.45, 2.75) is 31.6 Å². The van der Waals surface area contributed by atoms with Gasteiger partial charge in [0.25, 0.3) is 0 Å². The number of alkyl halides is 1. The molecule has 2 rings (SSSR count). The molecule has 0 radical (unpaired) electrons. The molecule has 2 aliphatic rings. The van der Waals surface area contributed by atoms with Gasteiger partial charge in [0.15, 0.2) is 0 Å². The highest BCUT2D eigenvalue weighted by atomic mass is 35.5. The van der Waals surface area contributed by atoms with Gasteiger partial charge in [0.2, 0.25) is 0 Å². The molecule has 62 valence electrons. The second-order valence-corrected chi connectivity index (χ2v) is 4.58. The van der Waals surface area contributed by atoms with Gasteiger partial charge in [-0.05, 0) is 38.0 Å². The summed E-state index contributed by atoms with van der Waals surface area (Å²) in [5.74, 6) is 1.42. The Morgan fingerprint density at radius 2 is 2.09 bits per heavy atom. The molecular weight excluding hydrogens is 179 g/mol. The van der Waals surface area contributed by atoms with Crippen LogP contribution in [0.5, 0.6) is 0 Å². The summed E-state index contributed by atoms with van der Waals surface area (Å²) in [5.41, 5.74) is 1.35. The SMILES string of the molecule is CC1=C(Cl)[C@H](Cl)[C@@H]2CC[C@H]1C2. The lowest BCUT2D eigenvalue weighted by atomic mass is 9.89. The largest absolute Gasteiger partial charge is 0.117 e. The fourth-order valence-electron chi connectivity index (χ4n) is 2.29. The quantitative estimate of drug-likeness (QED) is 0.513. The van der Waals surface area contributed by atoms with E-state index in [0.29, 0.717) is 5.92 Å². The minimum Gasteiger partial charge on any atom is -0.117 e. The highest BCUT2D eigenvalue weighted by Crippen LogP contribution is 2.48. The zero-order chi connectivity index (χ0) is 8.01. The first-order valence-corrected chi connectivity index (χ1v) is 5.02. The van der Waals surface area contributed by atoms with Crippen LogP contribution in [0.4, 0.5) is 0 Å². The van der Waals surface area contributed by atoms with Gasteiger partial charge in [-0.1, -0.05) is 17.2 Å². The van der Waals surface area contributed by atoms with Crippen molar-refractivity contribution in [3.05, 3.63) is 10.6 Å². The van der Waals surface area contributed by atoms with E-state index in [1.807, 2.05) is 0 Å². The lowest BCUT2D eigenvalue weighted by Gasteiger charge is -2.25. The molecule has 11 heavy (non-hydrogen) atoms. The normalized spacial score (nSPS) is 43.4. The van der Waals surface area contributed by atoms with E-state index in [2.05, 4.69) is 6.92 Å². The second kappa shape index (κ2) is 2.67. The fourth-order valence-corrected chi connectivity index (χ4v) is 3.03. The molecule has 2 bridgehead atoms. The number of hydrogen-bond donors (Lipinski definition) is 0. The number of halogens is 2. The average Bonchev–Trinajstić information content (AvgIpc) is 2.44. The molecule has 0 aromatic heterocycles. The molecule has 1 saturated carbocycles. The molecule has 0 unspecified atom stereocenters. The van der Waals surface area contributed by atoms with Crippen LogP contribution >= 0.6 is 23.2 Å². The van der Waals surface area contributed by atoms with E-state index >= 15 is 0 Å². The first kappa shape index (κ1) is 7.94. The van der Waals surface area contributed by atoms with E-state index < -0.39 is 0 Å². The summed E-state index contributed by atoms with van der Waals surface area (Å²) >= 11 is 12.3. The van der Waals surface area contributed by atoms with Crippen molar-refractivity contribution in [1.29, 1.82) is 0 Å². The third kappa shape index (κ3) is 1.11. The smallest absolute Gasteiger partial charge is 0.0720 e. The molecule has 0 N–H and O–H groups in total. The molecule has 0 amide bonds. The Labute approximate surface area is 77.6 Å². The third-order valence-electron chi connectivity index (χ3n) is 3.12. The van der Waals surface area contributed by atoms with Crippen molar-refractivity contribution in [2.24, 2.45) is 11.8 Å². The molecule has 0 saturated heterocycles. The molecule has 0 aromatic rings. The molecule has 0 spiro atoms. The molecule has 2 heteroatoms. The molecule has 0 nitrogen and oxygen atoms in total. The summed E-state index contributed by atoms with van der Waals surface area (Å²) in [4.78, 5) is 0. The minimum absolute atomic E-state index is 0.121. The Bertz CT molecular complexity index is 204. The van der Waals surface area contributed by atoms with Gasteiger partial charge in [0.1, 0.15) is 0 Å². The topological polar surface area (TPSA) is 0 Å². The van der Waals surface area contributed by atoms with Crippen molar-refractivity contribution in [1.82, 2.24) is 0 Å². The first-order chi connectivity index (χ1) is 5.20. The van der Waals surface area contributed by atoms with Gasteiger partial charge < -0.3 is 0 Å². The van der Waals surface area contributed by atoms with Crippen LogP contribution in [0.25, 0.3) is 0 Å². The van der Waals surface area contributed by atoms with Crippen LogP contribution in [0.2, 0.25) is 0 Å². The maximum atomic E-state index is 6.16. The Kier molecular flexibility index (Phi) is 1.93. The summed E-state index contributed by atoms with van der Waals surface area (Å²) < 4.78 is 0. The van der Waals surface area contributed by atoms with Gasteiger partial charge in [-0.25, -0.2) is 0 Å². The van der Waals surface area contributed by atoms with Crippen LogP contribution in [0, 0.1) is 11.8 Å². The summed E-state index contributed by atoms with van der Waals surface area (Å²) in [6, 6.07) is 0. The van der Waals surface area contributed by atoms with Gasteiger partial charge in [-0.2, -0.15) is 0 Å². The lowest BCUT2D eigenvalue weighted by Crippen LogP contribution is -2.18. The maximum Gasteiger partial charge on any atom is 0.0720 e. The fraction of sp³-hybridized carbons (Fsp3) is 0.778. The van der Waals surface area contributed by atoms with Gasteiger partial charge >= 0.3 is 0 Å². The summed E-state index contributed by atoms with van der Waals surface area (Å²) in [6.07, 6.45) is 3.85. The molecule has 0 aliphatic heterocycles. The standard InChI is InChI=1S/C9H12Cl2/c1-5-6-2-3-7(4-6)9(11)8(5)10/h6-7,9H,2-4H2,1H3/t6-,7+,9+/m0/s1. The summed E-state index contributed by atoms with van der Waals surface area (Å²) in [5, 5.41) is 1.06. The predicted molar refractivity (Wildman–Crippen MR) is 49.0 cm³/mol. The predicted octanol–water partition coefficient (Wildman–Crippen LogP) is 3.54. The van der Waals surface area contributed by atoms with Crippen molar-refractivity contribution < 1.29 is 0 Å². The monoisotopic (exact) mass is 190 g/mol. The van der Waals surface area contributed by atoms with Crippen LogP contribution in [-0.2, 0) is 0 Å². The zero-order valence-corrected chi connectivity index (χ0v) is 8.12. The van der Waals surface area contributed by atoms with Crippen LogP contribution in [0.1, 0.15) is 26.2 Å². The molecule has 0 heterocycles. The van der Waals surface area contributed by atoms with E-state index in [1.54, 1.807) is 0 Å². The Balaban J connectivity index is 2.34. The van der Waals surface area contributed by atoms with Crippen LogP contribution in [0.3, 0.4) is 0 Å². The Morgan fingerprint density at radius 1 is 1.36 bits per heavy atom. The van der Waals surface area contributed by atoms with Gasteiger partial charge in [-0.15, -0.1) is 11.6 Å². The van der Waals surface area contributed by atoms with E-state index in [9.17, 15) is 0 Å². The van der Waals surface area contributed by atoms with Crippen LogP contribution < -0.4 is 0 Å².